The van der Waals surface area contributed by atoms with Crippen molar-refractivity contribution in [3.8, 4) is 5.82 Å². The van der Waals surface area contributed by atoms with Crippen LogP contribution in [0, 0.1) is 0 Å². The van der Waals surface area contributed by atoms with E-state index in [1.165, 1.54) is 0 Å². The average Bonchev–Trinajstić information content (AvgIpc) is 2.96. The van der Waals surface area contributed by atoms with Crippen LogP contribution in [0.1, 0.15) is 19.2 Å². The van der Waals surface area contributed by atoms with Gasteiger partial charge in [-0.25, -0.2) is 15.0 Å². The van der Waals surface area contributed by atoms with Crippen molar-refractivity contribution in [1.82, 2.24) is 23.9 Å². The first-order chi connectivity index (χ1) is 8.79. The van der Waals surface area contributed by atoms with Crippen LogP contribution in [0.2, 0.25) is 0 Å². The average molecular weight is 242 g/mol. The first-order valence-electron chi connectivity index (χ1n) is 5.91. The lowest BCUT2D eigenvalue weighted by atomic mass is 10.3. The maximum Gasteiger partial charge on any atom is 0.184 e. The Morgan fingerprint density at radius 2 is 2.06 bits per heavy atom. The summed E-state index contributed by atoms with van der Waals surface area (Å²) in [6.07, 6.45) is 10.9. The van der Waals surface area contributed by atoms with Crippen LogP contribution in [0.4, 0.5) is 5.82 Å². The number of aryl methyl sites for hydroxylation is 1. The molecule has 92 valence electrons. The standard InChI is InChI=1S/C12H14N6/c1-2-3-10-14-5-7-18(10)12-11-15-4-6-17(11)8-9(13)16-12/h4-8H,2-3,13H2,1H3. The van der Waals surface area contributed by atoms with Gasteiger partial charge >= 0.3 is 0 Å². The molecule has 0 aromatic carbocycles. The van der Waals surface area contributed by atoms with E-state index in [4.69, 9.17) is 5.73 Å². The van der Waals surface area contributed by atoms with E-state index in [1.807, 2.05) is 21.4 Å². The summed E-state index contributed by atoms with van der Waals surface area (Å²) in [5, 5.41) is 0. The van der Waals surface area contributed by atoms with Crippen LogP contribution >= 0.6 is 0 Å². The number of fused-ring (bicyclic) bond motifs is 1. The third-order valence-corrected chi connectivity index (χ3v) is 2.79. The number of nitrogen functional groups attached to an aromatic ring is 1. The molecule has 0 atom stereocenters. The Balaban J connectivity index is 2.24. The van der Waals surface area contributed by atoms with Gasteiger partial charge in [0.25, 0.3) is 0 Å². The molecule has 3 aromatic rings. The Bertz CT molecular complexity index is 681. The van der Waals surface area contributed by atoms with Crippen LogP contribution in [0.25, 0.3) is 11.5 Å². The van der Waals surface area contributed by atoms with Gasteiger partial charge in [0, 0.05) is 31.2 Å². The number of anilines is 1. The van der Waals surface area contributed by atoms with Crippen molar-refractivity contribution < 1.29 is 0 Å². The van der Waals surface area contributed by atoms with Crippen LogP contribution in [0.5, 0.6) is 0 Å². The summed E-state index contributed by atoms with van der Waals surface area (Å²) in [5.74, 6) is 2.16. The quantitative estimate of drug-likeness (QED) is 0.754. The Hall–Kier alpha value is -2.37. The molecule has 0 bridgehead atoms. The minimum atomic E-state index is 0.464. The van der Waals surface area contributed by atoms with Crippen molar-refractivity contribution in [3.05, 3.63) is 36.8 Å². The molecule has 0 aliphatic heterocycles. The Labute approximate surface area is 104 Å². The Morgan fingerprint density at radius 1 is 1.22 bits per heavy atom. The molecule has 6 heteroatoms. The molecule has 3 aromatic heterocycles. The molecule has 18 heavy (non-hydrogen) atoms. The fraction of sp³-hybridized carbons (Fsp3) is 0.250. The van der Waals surface area contributed by atoms with Crippen molar-refractivity contribution in [2.24, 2.45) is 0 Å². The van der Waals surface area contributed by atoms with Gasteiger partial charge in [0.05, 0.1) is 6.20 Å². The molecule has 0 saturated heterocycles. The summed E-state index contributed by atoms with van der Waals surface area (Å²) in [4.78, 5) is 13.0. The zero-order valence-corrected chi connectivity index (χ0v) is 10.1. The van der Waals surface area contributed by atoms with E-state index in [9.17, 15) is 0 Å². The fourth-order valence-electron chi connectivity index (χ4n) is 2.03. The Morgan fingerprint density at radius 3 is 2.89 bits per heavy atom. The largest absolute Gasteiger partial charge is 0.382 e. The second-order valence-corrected chi connectivity index (χ2v) is 4.11. The van der Waals surface area contributed by atoms with E-state index in [0.29, 0.717) is 5.82 Å². The van der Waals surface area contributed by atoms with E-state index >= 15 is 0 Å². The van der Waals surface area contributed by atoms with E-state index in [2.05, 4.69) is 21.9 Å². The third kappa shape index (κ3) is 1.62. The summed E-state index contributed by atoms with van der Waals surface area (Å²) >= 11 is 0. The molecule has 0 radical (unpaired) electrons. The highest BCUT2D eigenvalue weighted by atomic mass is 15.2. The van der Waals surface area contributed by atoms with Crippen LogP contribution in [-0.2, 0) is 6.42 Å². The molecule has 0 saturated carbocycles. The first-order valence-corrected chi connectivity index (χ1v) is 5.91. The summed E-state index contributed by atoms with van der Waals surface area (Å²) in [7, 11) is 0. The van der Waals surface area contributed by atoms with Crippen molar-refractivity contribution in [2.45, 2.75) is 19.8 Å². The monoisotopic (exact) mass is 242 g/mol. The van der Waals surface area contributed by atoms with Gasteiger partial charge in [-0.15, -0.1) is 0 Å². The smallest absolute Gasteiger partial charge is 0.184 e. The van der Waals surface area contributed by atoms with E-state index in [0.717, 1.165) is 30.1 Å². The van der Waals surface area contributed by atoms with Gasteiger partial charge in [-0.05, 0) is 6.42 Å². The van der Waals surface area contributed by atoms with Crippen LogP contribution in [0.3, 0.4) is 0 Å². The van der Waals surface area contributed by atoms with Crippen molar-refractivity contribution in [2.75, 3.05) is 5.73 Å². The molecule has 0 spiro atoms. The minimum absolute atomic E-state index is 0.464. The molecular formula is C12H14N6. The number of hydrogen-bond acceptors (Lipinski definition) is 4. The molecule has 0 amide bonds. The van der Waals surface area contributed by atoms with Crippen molar-refractivity contribution in [1.29, 1.82) is 0 Å². The van der Waals surface area contributed by atoms with Crippen LogP contribution in [0.15, 0.2) is 31.0 Å². The number of aromatic nitrogens is 5. The number of rotatable bonds is 3. The molecule has 3 heterocycles. The molecule has 0 fully saturated rings. The summed E-state index contributed by atoms with van der Waals surface area (Å²) in [6.45, 7) is 2.12. The van der Waals surface area contributed by atoms with Gasteiger partial charge in [-0.1, -0.05) is 6.92 Å². The van der Waals surface area contributed by atoms with Gasteiger partial charge in [-0.2, -0.15) is 0 Å². The first kappa shape index (κ1) is 10.8. The van der Waals surface area contributed by atoms with Gasteiger partial charge in [0.1, 0.15) is 11.6 Å². The molecule has 6 nitrogen and oxygen atoms in total. The highest BCUT2D eigenvalue weighted by molar-refractivity contribution is 5.57. The molecule has 0 aliphatic carbocycles. The number of hydrogen-bond donors (Lipinski definition) is 1. The molecular weight excluding hydrogens is 228 g/mol. The van der Waals surface area contributed by atoms with Gasteiger partial charge in [0.15, 0.2) is 11.5 Å². The Kier molecular flexibility index (Phi) is 2.47. The van der Waals surface area contributed by atoms with Gasteiger partial charge in [-0.3, -0.25) is 4.57 Å². The van der Waals surface area contributed by atoms with Gasteiger partial charge in [0.2, 0.25) is 0 Å². The summed E-state index contributed by atoms with van der Waals surface area (Å²) < 4.78 is 3.82. The van der Waals surface area contributed by atoms with Crippen LogP contribution < -0.4 is 5.73 Å². The molecule has 0 unspecified atom stereocenters. The van der Waals surface area contributed by atoms with Gasteiger partial charge < -0.3 is 10.1 Å². The summed E-state index contributed by atoms with van der Waals surface area (Å²) in [5.41, 5.74) is 6.60. The minimum Gasteiger partial charge on any atom is -0.382 e. The van der Waals surface area contributed by atoms with Crippen LogP contribution in [-0.4, -0.2) is 23.9 Å². The molecule has 3 rings (SSSR count). The zero-order valence-electron chi connectivity index (χ0n) is 10.1. The topological polar surface area (TPSA) is 74.0 Å². The maximum atomic E-state index is 5.82. The van der Waals surface area contributed by atoms with E-state index in [-0.39, 0.29) is 0 Å². The van der Waals surface area contributed by atoms with Crippen molar-refractivity contribution >= 4 is 11.5 Å². The predicted octanol–water partition coefficient (Wildman–Crippen LogP) is 1.45. The fourth-order valence-corrected chi connectivity index (χ4v) is 2.03. The van der Waals surface area contributed by atoms with E-state index in [1.54, 1.807) is 18.6 Å². The lowest BCUT2D eigenvalue weighted by Crippen LogP contribution is -2.07. The lowest BCUT2D eigenvalue weighted by molar-refractivity contribution is 0.798. The zero-order chi connectivity index (χ0) is 12.5. The SMILES string of the molecule is CCCc1nccn1-c1nc(N)cn2ccnc12. The third-order valence-electron chi connectivity index (χ3n) is 2.79. The van der Waals surface area contributed by atoms with E-state index < -0.39 is 0 Å². The van der Waals surface area contributed by atoms with Crippen molar-refractivity contribution in [3.63, 3.8) is 0 Å². The second kappa shape index (κ2) is 4.14. The highest BCUT2D eigenvalue weighted by Gasteiger charge is 2.11. The maximum absolute atomic E-state index is 5.82. The molecule has 0 aliphatic rings. The number of nitrogens with zero attached hydrogens (tertiary/aromatic N) is 5. The number of nitrogens with two attached hydrogens (primary N) is 1. The molecule has 2 N–H and O–H groups in total. The highest BCUT2D eigenvalue weighted by Crippen LogP contribution is 2.16. The lowest BCUT2D eigenvalue weighted by Gasteiger charge is -2.08. The predicted molar refractivity (Wildman–Crippen MR) is 68.5 cm³/mol. The normalized spacial score (nSPS) is 11.2. The second-order valence-electron chi connectivity index (χ2n) is 4.11. The summed E-state index contributed by atoms with van der Waals surface area (Å²) in [6, 6.07) is 0. The number of imidazole rings is 2.